The summed E-state index contributed by atoms with van der Waals surface area (Å²) in [6.45, 7) is 6.40. The average molecular weight is 332 g/mol. The van der Waals surface area contributed by atoms with Gasteiger partial charge in [-0.25, -0.2) is 4.99 Å². The lowest BCUT2D eigenvalue weighted by atomic mass is 9.93. The molecule has 1 aliphatic heterocycles. The van der Waals surface area contributed by atoms with E-state index in [2.05, 4.69) is 4.99 Å². The van der Waals surface area contributed by atoms with Crippen LogP contribution in [0.2, 0.25) is 0 Å². The number of ether oxygens (including phenoxy) is 1. The lowest BCUT2D eigenvalue weighted by Gasteiger charge is -2.34. The van der Waals surface area contributed by atoms with Crippen LogP contribution in [0.25, 0.3) is 0 Å². The van der Waals surface area contributed by atoms with Crippen molar-refractivity contribution in [3.63, 3.8) is 0 Å². The maximum absolute atomic E-state index is 12.5. The monoisotopic (exact) mass is 332 g/mol. The van der Waals surface area contributed by atoms with Crippen LogP contribution in [0.4, 0.5) is 0 Å². The van der Waals surface area contributed by atoms with E-state index >= 15 is 0 Å². The Hall–Kier alpha value is -2.57. The largest absolute Gasteiger partial charge is 0.494 e. The fourth-order valence-corrected chi connectivity index (χ4v) is 2.62. The molecule has 2 amide bonds. The normalized spacial score (nSPS) is 20.7. The van der Waals surface area contributed by atoms with Gasteiger partial charge in [0, 0.05) is 11.1 Å². The predicted molar refractivity (Wildman–Crippen MR) is 91.6 cm³/mol. The number of hydrogen-bond donors (Lipinski definition) is 2. The van der Waals surface area contributed by atoms with E-state index in [1.54, 1.807) is 18.2 Å². The summed E-state index contributed by atoms with van der Waals surface area (Å²) in [5.74, 6) is 0.137. The van der Waals surface area contributed by atoms with Gasteiger partial charge in [0.05, 0.1) is 25.1 Å². The molecule has 1 aliphatic rings. The van der Waals surface area contributed by atoms with Crippen LogP contribution in [0.15, 0.2) is 23.2 Å². The molecule has 0 bridgehead atoms. The molecule has 1 aromatic rings. The van der Waals surface area contributed by atoms with Crippen LogP contribution < -0.4 is 16.2 Å². The van der Waals surface area contributed by atoms with E-state index in [0.717, 1.165) is 6.42 Å². The molecule has 1 aromatic carbocycles. The molecule has 0 radical (unpaired) electrons. The molecule has 0 spiro atoms. The summed E-state index contributed by atoms with van der Waals surface area (Å²) in [5.41, 5.74) is 11.9. The number of benzene rings is 1. The smallest absolute Gasteiger partial charge is 0.248 e. The molecule has 2 rings (SSSR count). The van der Waals surface area contributed by atoms with E-state index in [1.165, 1.54) is 4.90 Å². The van der Waals surface area contributed by atoms with Gasteiger partial charge in [0.25, 0.3) is 0 Å². The van der Waals surface area contributed by atoms with E-state index in [4.69, 9.17) is 16.2 Å². The summed E-state index contributed by atoms with van der Waals surface area (Å²) in [6.07, 6.45) is 1.03. The lowest BCUT2D eigenvalue weighted by molar-refractivity contribution is -0.129. The summed E-state index contributed by atoms with van der Waals surface area (Å²) in [7, 11) is 0. The number of amides is 2. The van der Waals surface area contributed by atoms with Gasteiger partial charge in [-0.2, -0.15) is 0 Å². The zero-order valence-corrected chi connectivity index (χ0v) is 14.3. The predicted octanol–water partition coefficient (Wildman–Crippen LogP) is 1.40. The molecule has 0 saturated heterocycles. The number of aliphatic imine (C=N–C) groups is 1. The average Bonchev–Trinajstić information content (AvgIpc) is 2.52. The van der Waals surface area contributed by atoms with E-state index in [9.17, 15) is 9.59 Å². The molecule has 24 heavy (non-hydrogen) atoms. The number of primary amides is 1. The van der Waals surface area contributed by atoms with Gasteiger partial charge in [-0.05, 0) is 38.5 Å². The van der Waals surface area contributed by atoms with E-state index in [1.807, 2.05) is 20.8 Å². The number of guanidine groups is 1. The molecule has 130 valence electrons. The fourth-order valence-electron chi connectivity index (χ4n) is 2.62. The van der Waals surface area contributed by atoms with Crippen LogP contribution in [0.3, 0.4) is 0 Å². The van der Waals surface area contributed by atoms with Crippen LogP contribution in [-0.4, -0.2) is 34.8 Å². The minimum atomic E-state index is -0.538. The Morgan fingerprint density at radius 2 is 2.12 bits per heavy atom. The highest BCUT2D eigenvalue weighted by molar-refractivity contribution is 5.99. The molecule has 1 atom stereocenters. The standard InChI is InChI=1S/C17H24N4O3/c1-4-17(3)9-14(22)21(16(19)20-17)10-12-8-11(15(18)23)6-7-13(12)24-5-2/h6-8H,4-5,9-10H2,1-3H3,(H2,18,23)(H2,19,20). The van der Waals surface area contributed by atoms with Gasteiger partial charge in [0.1, 0.15) is 5.75 Å². The number of nitrogens with two attached hydrogens (primary N) is 2. The lowest BCUT2D eigenvalue weighted by Crippen LogP contribution is -2.50. The molecule has 1 heterocycles. The van der Waals surface area contributed by atoms with Crippen LogP contribution in [0.1, 0.15) is 49.5 Å². The second-order valence-electron chi connectivity index (χ2n) is 6.10. The van der Waals surface area contributed by atoms with Crippen molar-refractivity contribution < 1.29 is 14.3 Å². The van der Waals surface area contributed by atoms with Crippen molar-refractivity contribution in [2.24, 2.45) is 16.5 Å². The van der Waals surface area contributed by atoms with E-state index in [0.29, 0.717) is 29.9 Å². The second-order valence-corrected chi connectivity index (χ2v) is 6.10. The van der Waals surface area contributed by atoms with Crippen molar-refractivity contribution in [1.29, 1.82) is 0 Å². The first-order chi connectivity index (χ1) is 11.3. The van der Waals surface area contributed by atoms with Crippen molar-refractivity contribution in [1.82, 2.24) is 4.90 Å². The Bertz CT molecular complexity index is 686. The van der Waals surface area contributed by atoms with Crippen molar-refractivity contribution in [2.45, 2.75) is 45.7 Å². The number of carbonyl (C=O) groups is 2. The molecule has 7 nitrogen and oxygen atoms in total. The summed E-state index contributed by atoms with van der Waals surface area (Å²) >= 11 is 0. The fraction of sp³-hybridized carbons (Fsp3) is 0.471. The third-order valence-corrected chi connectivity index (χ3v) is 4.23. The Morgan fingerprint density at radius 1 is 1.42 bits per heavy atom. The molecule has 0 aromatic heterocycles. The highest BCUT2D eigenvalue weighted by Gasteiger charge is 2.35. The third kappa shape index (κ3) is 3.67. The number of hydrogen-bond acceptors (Lipinski definition) is 5. The third-order valence-electron chi connectivity index (χ3n) is 4.23. The van der Waals surface area contributed by atoms with Crippen LogP contribution in [-0.2, 0) is 11.3 Å². The Labute approximate surface area is 141 Å². The van der Waals surface area contributed by atoms with Crippen molar-refractivity contribution in [2.75, 3.05) is 6.61 Å². The Balaban J connectivity index is 2.36. The van der Waals surface area contributed by atoms with Gasteiger partial charge in [-0.15, -0.1) is 0 Å². The quantitative estimate of drug-likeness (QED) is 0.820. The first-order valence-corrected chi connectivity index (χ1v) is 8.01. The molecule has 0 fully saturated rings. The molecule has 0 aliphatic carbocycles. The zero-order chi connectivity index (χ0) is 17.9. The minimum Gasteiger partial charge on any atom is -0.494 e. The summed E-state index contributed by atoms with van der Waals surface area (Å²) in [6, 6.07) is 4.90. The number of rotatable bonds is 6. The zero-order valence-electron chi connectivity index (χ0n) is 14.3. The van der Waals surface area contributed by atoms with Gasteiger partial charge in [0.2, 0.25) is 11.8 Å². The van der Waals surface area contributed by atoms with Crippen LogP contribution >= 0.6 is 0 Å². The highest BCUT2D eigenvalue weighted by atomic mass is 16.5. The first kappa shape index (κ1) is 17.8. The Morgan fingerprint density at radius 3 is 2.67 bits per heavy atom. The molecule has 0 saturated carbocycles. The van der Waals surface area contributed by atoms with Crippen molar-refractivity contribution in [3.05, 3.63) is 29.3 Å². The first-order valence-electron chi connectivity index (χ1n) is 8.01. The summed E-state index contributed by atoms with van der Waals surface area (Å²) in [4.78, 5) is 29.8. The van der Waals surface area contributed by atoms with Crippen molar-refractivity contribution in [3.8, 4) is 5.75 Å². The SMILES string of the molecule is CCOc1ccc(C(N)=O)cc1CN1C(=O)CC(C)(CC)N=C1N. The Kier molecular flexibility index (Phi) is 5.11. The molecular weight excluding hydrogens is 308 g/mol. The minimum absolute atomic E-state index is 0.0984. The molecule has 7 heteroatoms. The van der Waals surface area contributed by atoms with Crippen molar-refractivity contribution >= 4 is 17.8 Å². The van der Waals surface area contributed by atoms with Crippen LogP contribution in [0.5, 0.6) is 5.75 Å². The number of nitrogens with zero attached hydrogens (tertiary/aromatic N) is 2. The van der Waals surface area contributed by atoms with Gasteiger partial charge >= 0.3 is 0 Å². The van der Waals surface area contributed by atoms with Gasteiger partial charge < -0.3 is 16.2 Å². The highest BCUT2D eigenvalue weighted by Crippen LogP contribution is 2.28. The van der Waals surface area contributed by atoms with Gasteiger partial charge in [-0.3, -0.25) is 14.5 Å². The summed E-state index contributed by atoms with van der Waals surface area (Å²) in [5, 5.41) is 0. The molecular formula is C17H24N4O3. The molecule has 4 N–H and O–H groups in total. The second kappa shape index (κ2) is 6.90. The van der Waals surface area contributed by atoms with Gasteiger partial charge in [0.15, 0.2) is 5.96 Å². The maximum atomic E-state index is 12.5. The van der Waals surface area contributed by atoms with E-state index in [-0.39, 0.29) is 18.4 Å². The van der Waals surface area contributed by atoms with Crippen LogP contribution in [0, 0.1) is 0 Å². The summed E-state index contributed by atoms with van der Waals surface area (Å²) < 4.78 is 5.58. The maximum Gasteiger partial charge on any atom is 0.248 e. The number of carbonyl (C=O) groups excluding carboxylic acids is 2. The molecule has 1 unspecified atom stereocenters. The topological polar surface area (TPSA) is 111 Å². The van der Waals surface area contributed by atoms with E-state index < -0.39 is 11.4 Å². The van der Waals surface area contributed by atoms with Gasteiger partial charge in [-0.1, -0.05) is 6.92 Å².